The van der Waals surface area contributed by atoms with Crippen molar-refractivity contribution in [2.24, 2.45) is 11.3 Å². The van der Waals surface area contributed by atoms with E-state index in [0.29, 0.717) is 5.56 Å². The summed E-state index contributed by atoms with van der Waals surface area (Å²) in [5.41, 5.74) is -2.76. The molecule has 10 atom stereocenters. The minimum Gasteiger partial charge on any atom is -0.504 e. The number of carbonyl (C=O) groups excluding carboxylic acids is 2. The number of ether oxygens (including phenoxy) is 4. The monoisotopic (exact) mass is 552 g/mol. The highest BCUT2D eigenvalue weighted by atomic mass is 16.8. The Bertz CT molecular complexity index is 1150. The van der Waals surface area contributed by atoms with Gasteiger partial charge in [-0.2, -0.15) is 0 Å². The first-order chi connectivity index (χ1) is 18.3. The number of phenols is 2. The molecule has 13 nitrogen and oxygen atoms in total. The summed E-state index contributed by atoms with van der Waals surface area (Å²) in [5, 5.41) is 71.9. The van der Waals surface area contributed by atoms with Crippen LogP contribution >= 0.6 is 0 Å². The lowest BCUT2D eigenvalue weighted by Crippen LogP contribution is -2.62. The molecule has 7 N–H and O–H groups in total. The maximum absolute atomic E-state index is 12.5. The summed E-state index contributed by atoms with van der Waals surface area (Å²) in [7, 11) is 0. The van der Waals surface area contributed by atoms with Crippen LogP contribution in [0.1, 0.15) is 25.8 Å². The van der Waals surface area contributed by atoms with Gasteiger partial charge in [0.1, 0.15) is 42.4 Å². The number of fused-ring (bicyclic) bond motifs is 1. The molecule has 214 valence electrons. The Morgan fingerprint density at radius 2 is 1.79 bits per heavy atom. The van der Waals surface area contributed by atoms with Crippen molar-refractivity contribution in [2.75, 3.05) is 6.61 Å². The average molecular weight is 553 g/mol. The first-order valence-electron chi connectivity index (χ1n) is 12.2. The molecule has 0 spiro atoms. The van der Waals surface area contributed by atoms with E-state index in [1.165, 1.54) is 37.3 Å². The number of aromatic hydroxyl groups is 2. The number of hydrogen-bond acceptors (Lipinski definition) is 13. The van der Waals surface area contributed by atoms with Gasteiger partial charge in [0, 0.05) is 11.5 Å². The molecule has 1 saturated heterocycles. The van der Waals surface area contributed by atoms with Crippen LogP contribution < -0.4 is 0 Å². The van der Waals surface area contributed by atoms with Crippen LogP contribution in [0.25, 0.3) is 6.08 Å². The summed E-state index contributed by atoms with van der Waals surface area (Å²) >= 11 is 0. The van der Waals surface area contributed by atoms with Crippen LogP contribution in [0.15, 0.2) is 36.6 Å². The number of aliphatic hydroxyl groups excluding tert-OH is 4. The molecule has 0 amide bonds. The molecule has 2 heterocycles. The Morgan fingerprint density at radius 3 is 2.46 bits per heavy atom. The van der Waals surface area contributed by atoms with Crippen LogP contribution in [0.4, 0.5) is 0 Å². The maximum Gasteiger partial charge on any atom is 0.330 e. The zero-order valence-electron chi connectivity index (χ0n) is 21.2. The van der Waals surface area contributed by atoms with E-state index < -0.39 is 72.6 Å². The van der Waals surface area contributed by atoms with E-state index in [9.17, 15) is 45.3 Å². The predicted molar refractivity (Wildman–Crippen MR) is 129 cm³/mol. The first kappa shape index (κ1) is 29.0. The summed E-state index contributed by atoms with van der Waals surface area (Å²) in [6.07, 6.45) is -6.38. The fraction of sp³-hybridized carbons (Fsp3) is 0.538. The van der Waals surface area contributed by atoms with Crippen molar-refractivity contribution >= 4 is 17.8 Å². The van der Waals surface area contributed by atoms with Crippen molar-refractivity contribution in [3.05, 3.63) is 42.2 Å². The van der Waals surface area contributed by atoms with Gasteiger partial charge in [-0.1, -0.05) is 13.0 Å². The standard InChI is InChI=1S/C26H32O13/c1-12(27)25(2)10-17(30)26(35)7-8-36-24(22(25)26)39-23-21(34)20(33)19(32)16(38-23)11-37-18(31)6-4-13-3-5-14(28)15(29)9-13/h3-9,16-17,19-24,28-30,32-35H,10-11H2,1-2H3/b6-4+/t16-,17-,19-,20+,21-,22-,23+,24+,25-,26-/m1/s1. The minimum absolute atomic E-state index is 0.0810. The zero-order chi connectivity index (χ0) is 28.7. The molecular formula is C26H32O13. The SMILES string of the molecule is CC(=O)[C@@]1(C)C[C@@H](O)[C@]2(O)C=CO[C@@H](O[C@@H]3O[C@H](COC(=O)/C=C/c4ccc(O)c(O)c4)[C@@H](O)[C@H](O)[C@H]3O)[C@@H]21. The van der Waals surface area contributed by atoms with Gasteiger partial charge in [-0.05, 0) is 43.2 Å². The summed E-state index contributed by atoms with van der Waals surface area (Å²) in [6, 6.07) is 3.89. The number of ketones is 1. The number of esters is 1. The number of phenolic OH excluding ortho intramolecular Hbond substituents is 2. The number of carbonyl (C=O) groups is 2. The summed E-state index contributed by atoms with van der Waals surface area (Å²) in [6.45, 7) is 2.30. The second-order valence-corrected chi connectivity index (χ2v) is 10.2. The Kier molecular flexibility index (Phi) is 8.06. The van der Waals surface area contributed by atoms with Gasteiger partial charge in [-0.25, -0.2) is 4.79 Å². The number of hydrogen-bond donors (Lipinski definition) is 7. The average Bonchev–Trinajstić information content (AvgIpc) is 3.10. The molecular weight excluding hydrogens is 520 g/mol. The molecule has 0 unspecified atom stereocenters. The third-order valence-corrected chi connectivity index (χ3v) is 7.70. The highest BCUT2D eigenvalue weighted by Crippen LogP contribution is 2.54. The van der Waals surface area contributed by atoms with Crippen molar-refractivity contribution in [1.29, 1.82) is 0 Å². The van der Waals surface area contributed by atoms with Crippen LogP contribution in [0.3, 0.4) is 0 Å². The number of benzene rings is 1. The topological polar surface area (TPSA) is 213 Å². The van der Waals surface area contributed by atoms with Crippen molar-refractivity contribution < 1.29 is 64.3 Å². The summed E-state index contributed by atoms with van der Waals surface area (Å²) < 4.78 is 21.9. The van der Waals surface area contributed by atoms with Gasteiger partial charge in [-0.15, -0.1) is 0 Å². The molecule has 3 aliphatic rings. The second kappa shape index (κ2) is 10.8. The van der Waals surface area contributed by atoms with Crippen LogP contribution in [-0.4, -0.2) is 103 Å². The molecule has 1 aliphatic carbocycles. The van der Waals surface area contributed by atoms with Gasteiger partial charge in [0.15, 0.2) is 17.8 Å². The quantitative estimate of drug-likeness (QED) is 0.124. The molecule has 1 aromatic rings. The lowest BCUT2D eigenvalue weighted by Gasteiger charge is -2.46. The van der Waals surface area contributed by atoms with Gasteiger partial charge >= 0.3 is 5.97 Å². The van der Waals surface area contributed by atoms with Crippen molar-refractivity contribution in [3.63, 3.8) is 0 Å². The van der Waals surface area contributed by atoms with E-state index in [0.717, 1.165) is 12.3 Å². The van der Waals surface area contributed by atoms with E-state index in [4.69, 9.17) is 18.9 Å². The first-order valence-corrected chi connectivity index (χ1v) is 12.2. The highest BCUT2D eigenvalue weighted by Gasteiger charge is 2.66. The van der Waals surface area contributed by atoms with Crippen molar-refractivity contribution in [1.82, 2.24) is 0 Å². The second-order valence-electron chi connectivity index (χ2n) is 10.2. The fourth-order valence-corrected chi connectivity index (χ4v) is 5.24. The van der Waals surface area contributed by atoms with Crippen molar-refractivity contribution in [3.8, 4) is 11.5 Å². The van der Waals surface area contributed by atoms with Crippen LogP contribution in [0.2, 0.25) is 0 Å². The van der Waals surface area contributed by atoms with Gasteiger partial charge < -0.3 is 54.7 Å². The van der Waals surface area contributed by atoms with E-state index in [2.05, 4.69) is 0 Å². The molecule has 39 heavy (non-hydrogen) atoms. The Labute approximate surface area is 223 Å². The van der Waals surface area contributed by atoms with Gasteiger partial charge in [0.05, 0.1) is 18.3 Å². The Hall–Kier alpha value is -3.04. The van der Waals surface area contributed by atoms with Crippen LogP contribution in [0, 0.1) is 11.3 Å². The minimum atomic E-state index is -1.88. The summed E-state index contributed by atoms with van der Waals surface area (Å²) in [4.78, 5) is 24.7. The third kappa shape index (κ3) is 5.39. The molecule has 13 heteroatoms. The largest absolute Gasteiger partial charge is 0.504 e. The third-order valence-electron chi connectivity index (χ3n) is 7.70. The van der Waals surface area contributed by atoms with E-state index in [1.807, 2.05) is 0 Å². The smallest absolute Gasteiger partial charge is 0.330 e. The van der Waals surface area contributed by atoms with Gasteiger partial charge in [-0.3, -0.25) is 4.79 Å². The Morgan fingerprint density at radius 1 is 1.08 bits per heavy atom. The lowest BCUT2D eigenvalue weighted by molar-refractivity contribution is -0.349. The van der Waals surface area contributed by atoms with E-state index >= 15 is 0 Å². The predicted octanol–water partition coefficient (Wildman–Crippen LogP) is -0.944. The van der Waals surface area contributed by atoms with E-state index in [-0.39, 0.29) is 23.7 Å². The number of aliphatic hydroxyl groups is 5. The molecule has 4 rings (SSSR count). The summed E-state index contributed by atoms with van der Waals surface area (Å²) in [5.74, 6) is -3.02. The molecule has 2 aliphatic heterocycles. The molecule has 1 saturated carbocycles. The van der Waals surface area contributed by atoms with Crippen molar-refractivity contribution in [2.45, 2.75) is 69.0 Å². The molecule has 0 radical (unpaired) electrons. The van der Waals surface area contributed by atoms with Gasteiger partial charge in [0.25, 0.3) is 0 Å². The zero-order valence-corrected chi connectivity index (χ0v) is 21.2. The fourth-order valence-electron chi connectivity index (χ4n) is 5.24. The van der Waals surface area contributed by atoms with E-state index in [1.54, 1.807) is 6.92 Å². The van der Waals surface area contributed by atoms with Crippen LogP contribution in [0.5, 0.6) is 11.5 Å². The molecule has 1 aromatic carbocycles. The normalized spacial score (nSPS) is 39.8. The molecule has 0 aromatic heterocycles. The number of rotatable bonds is 7. The van der Waals surface area contributed by atoms with Gasteiger partial charge in [0.2, 0.25) is 6.29 Å². The molecule has 0 bridgehead atoms. The maximum atomic E-state index is 12.5. The number of Topliss-reactive ketones (excluding diaryl/α,β-unsaturated/α-hetero) is 1. The molecule has 2 fully saturated rings. The Balaban J connectivity index is 1.44. The highest BCUT2D eigenvalue weighted by molar-refractivity contribution is 5.87. The van der Waals surface area contributed by atoms with Crippen LogP contribution in [-0.2, 0) is 28.5 Å². The lowest BCUT2D eigenvalue weighted by atomic mass is 9.71.